The maximum absolute atomic E-state index is 11.8. The molecule has 0 heterocycles. The van der Waals surface area contributed by atoms with E-state index in [1.165, 1.54) is 0 Å². The molecule has 2 aromatic rings. The fourth-order valence-corrected chi connectivity index (χ4v) is 2.65. The SMILES string of the molecule is O=C(CCCOc1cccc(Cl)c1Cl)NCCC(=O)NCc1ccccc1. The molecule has 2 aromatic carbocycles. The molecular formula is C20H22Cl2N2O3. The molecule has 0 atom stereocenters. The Balaban J connectivity index is 1.54. The quantitative estimate of drug-likeness (QED) is 0.584. The van der Waals surface area contributed by atoms with Gasteiger partial charge in [-0.25, -0.2) is 0 Å². The number of carbonyl (C=O) groups excluding carboxylic acids is 2. The molecule has 0 saturated heterocycles. The van der Waals surface area contributed by atoms with E-state index in [1.807, 2.05) is 30.3 Å². The fourth-order valence-electron chi connectivity index (χ4n) is 2.30. The van der Waals surface area contributed by atoms with Gasteiger partial charge in [-0.3, -0.25) is 9.59 Å². The van der Waals surface area contributed by atoms with Gasteiger partial charge in [-0.2, -0.15) is 0 Å². The summed E-state index contributed by atoms with van der Waals surface area (Å²) in [4.78, 5) is 23.6. The summed E-state index contributed by atoms with van der Waals surface area (Å²) in [5, 5.41) is 6.34. The van der Waals surface area contributed by atoms with Gasteiger partial charge >= 0.3 is 0 Å². The van der Waals surface area contributed by atoms with Crippen LogP contribution in [0.25, 0.3) is 0 Å². The first-order valence-corrected chi connectivity index (χ1v) is 9.46. The second-order valence-corrected chi connectivity index (χ2v) is 6.65. The number of rotatable bonds is 10. The van der Waals surface area contributed by atoms with Gasteiger partial charge in [-0.15, -0.1) is 0 Å². The van der Waals surface area contributed by atoms with E-state index in [0.29, 0.717) is 48.3 Å². The second kappa shape index (κ2) is 11.5. The lowest BCUT2D eigenvalue weighted by Crippen LogP contribution is -2.30. The van der Waals surface area contributed by atoms with Gasteiger partial charge in [0.05, 0.1) is 11.6 Å². The zero-order valence-electron chi connectivity index (χ0n) is 14.8. The van der Waals surface area contributed by atoms with E-state index in [0.717, 1.165) is 5.56 Å². The first-order valence-electron chi connectivity index (χ1n) is 8.70. The number of ether oxygens (including phenoxy) is 1. The Hall–Kier alpha value is -2.24. The number of hydrogen-bond donors (Lipinski definition) is 2. The van der Waals surface area contributed by atoms with Crippen molar-refractivity contribution >= 4 is 35.0 Å². The van der Waals surface area contributed by atoms with Gasteiger partial charge in [0.1, 0.15) is 10.8 Å². The van der Waals surface area contributed by atoms with Crippen molar-refractivity contribution in [3.63, 3.8) is 0 Å². The van der Waals surface area contributed by atoms with Crippen LogP contribution in [0.15, 0.2) is 48.5 Å². The lowest BCUT2D eigenvalue weighted by atomic mass is 10.2. The van der Waals surface area contributed by atoms with Crippen molar-refractivity contribution in [2.45, 2.75) is 25.8 Å². The van der Waals surface area contributed by atoms with E-state index in [2.05, 4.69) is 10.6 Å². The van der Waals surface area contributed by atoms with Crippen LogP contribution < -0.4 is 15.4 Å². The summed E-state index contributed by atoms with van der Waals surface area (Å²) in [5.74, 6) is 0.282. The number of hydrogen-bond acceptors (Lipinski definition) is 3. The van der Waals surface area contributed by atoms with Gasteiger partial charge < -0.3 is 15.4 Å². The summed E-state index contributed by atoms with van der Waals surface area (Å²) in [6, 6.07) is 14.8. The second-order valence-electron chi connectivity index (χ2n) is 5.87. The van der Waals surface area contributed by atoms with Crippen LogP contribution in [0.5, 0.6) is 5.75 Å². The van der Waals surface area contributed by atoms with Crippen LogP contribution in [0.3, 0.4) is 0 Å². The van der Waals surface area contributed by atoms with Crippen molar-refractivity contribution in [1.82, 2.24) is 10.6 Å². The largest absolute Gasteiger partial charge is 0.492 e. The average molecular weight is 409 g/mol. The molecule has 0 fully saturated rings. The number of nitrogens with one attached hydrogen (secondary N) is 2. The van der Waals surface area contributed by atoms with Gasteiger partial charge in [0.2, 0.25) is 11.8 Å². The third-order valence-corrected chi connectivity index (χ3v) is 4.53. The Kier molecular flexibility index (Phi) is 8.95. The molecular weight excluding hydrogens is 387 g/mol. The molecule has 0 unspecified atom stereocenters. The number of amides is 2. The van der Waals surface area contributed by atoms with Crippen LogP contribution in [0.1, 0.15) is 24.8 Å². The molecule has 2 N–H and O–H groups in total. The van der Waals surface area contributed by atoms with Crippen molar-refractivity contribution in [2.24, 2.45) is 0 Å². The lowest BCUT2D eigenvalue weighted by molar-refractivity contribution is -0.122. The molecule has 0 aromatic heterocycles. The van der Waals surface area contributed by atoms with Gasteiger partial charge in [0, 0.05) is 25.9 Å². The van der Waals surface area contributed by atoms with Gasteiger partial charge in [-0.1, -0.05) is 59.6 Å². The first kappa shape index (κ1) is 21.1. The van der Waals surface area contributed by atoms with Crippen molar-refractivity contribution in [3.8, 4) is 5.75 Å². The topological polar surface area (TPSA) is 67.4 Å². The summed E-state index contributed by atoms with van der Waals surface area (Å²) in [5.41, 5.74) is 1.04. The van der Waals surface area contributed by atoms with Gasteiger partial charge in [0.15, 0.2) is 0 Å². The highest BCUT2D eigenvalue weighted by Gasteiger charge is 2.07. The molecule has 0 saturated carbocycles. The van der Waals surface area contributed by atoms with Gasteiger partial charge in [-0.05, 0) is 24.1 Å². The third kappa shape index (κ3) is 7.89. The minimum atomic E-state index is -0.119. The molecule has 2 rings (SSSR count). The average Bonchev–Trinajstić information content (AvgIpc) is 2.67. The maximum Gasteiger partial charge on any atom is 0.222 e. The van der Waals surface area contributed by atoms with Crippen LogP contribution >= 0.6 is 23.2 Å². The molecule has 0 aliphatic carbocycles. The Morgan fingerprint density at radius 2 is 1.63 bits per heavy atom. The summed E-state index contributed by atoms with van der Waals surface area (Å²) in [7, 11) is 0. The van der Waals surface area contributed by atoms with Crippen LogP contribution in [-0.4, -0.2) is 25.0 Å². The van der Waals surface area contributed by atoms with E-state index in [1.54, 1.807) is 18.2 Å². The molecule has 0 aliphatic rings. The zero-order chi connectivity index (χ0) is 19.5. The molecule has 0 spiro atoms. The fraction of sp³-hybridized carbons (Fsp3) is 0.300. The molecule has 0 aliphatic heterocycles. The highest BCUT2D eigenvalue weighted by atomic mass is 35.5. The Morgan fingerprint density at radius 1 is 0.889 bits per heavy atom. The predicted octanol–water partition coefficient (Wildman–Crippen LogP) is 3.98. The first-order chi connectivity index (χ1) is 13.1. The molecule has 0 bridgehead atoms. The smallest absolute Gasteiger partial charge is 0.222 e. The Morgan fingerprint density at radius 3 is 2.41 bits per heavy atom. The lowest BCUT2D eigenvalue weighted by Gasteiger charge is -2.09. The zero-order valence-corrected chi connectivity index (χ0v) is 16.4. The minimum Gasteiger partial charge on any atom is -0.492 e. The van der Waals surface area contributed by atoms with Crippen LogP contribution in [0.4, 0.5) is 0 Å². The number of halogens is 2. The predicted molar refractivity (Wildman–Crippen MR) is 107 cm³/mol. The van der Waals surface area contributed by atoms with E-state index >= 15 is 0 Å². The van der Waals surface area contributed by atoms with Gasteiger partial charge in [0.25, 0.3) is 0 Å². The van der Waals surface area contributed by atoms with E-state index in [4.69, 9.17) is 27.9 Å². The van der Waals surface area contributed by atoms with Crippen molar-refractivity contribution in [2.75, 3.05) is 13.2 Å². The van der Waals surface area contributed by atoms with Crippen LogP contribution in [-0.2, 0) is 16.1 Å². The number of carbonyl (C=O) groups is 2. The molecule has 27 heavy (non-hydrogen) atoms. The molecule has 0 radical (unpaired) electrons. The summed E-state index contributed by atoms with van der Waals surface area (Å²) < 4.78 is 5.52. The van der Waals surface area contributed by atoms with Crippen molar-refractivity contribution in [3.05, 3.63) is 64.1 Å². The third-order valence-electron chi connectivity index (χ3n) is 3.73. The van der Waals surface area contributed by atoms with E-state index in [9.17, 15) is 9.59 Å². The Labute approximate surface area is 169 Å². The highest BCUT2D eigenvalue weighted by Crippen LogP contribution is 2.31. The monoisotopic (exact) mass is 408 g/mol. The molecule has 5 nitrogen and oxygen atoms in total. The minimum absolute atomic E-state index is 0.0990. The molecule has 2 amide bonds. The molecule has 7 heteroatoms. The standard InChI is InChI=1S/C20H22Cl2N2O3/c21-16-8-4-9-17(20(16)22)27-13-5-10-18(25)23-12-11-19(26)24-14-15-6-2-1-3-7-15/h1-4,6-9H,5,10-14H2,(H,23,25)(H,24,26). The summed E-state index contributed by atoms with van der Waals surface area (Å²) >= 11 is 11.9. The summed E-state index contributed by atoms with van der Waals surface area (Å²) in [6.45, 7) is 1.14. The van der Waals surface area contributed by atoms with Crippen LogP contribution in [0, 0.1) is 0 Å². The number of benzene rings is 2. The van der Waals surface area contributed by atoms with Crippen LogP contribution in [0.2, 0.25) is 10.0 Å². The van der Waals surface area contributed by atoms with Crippen molar-refractivity contribution in [1.29, 1.82) is 0 Å². The normalized spacial score (nSPS) is 10.3. The van der Waals surface area contributed by atoms with Crippen molar-refractivity contribution < 1.29 is 14.3 Å². The highest BCUT2D eigenvalue weighted by molar-refractivity contribution is 6.42. The summed E-state index contributed by atoms with van der Waals surface area (Å²) in [6.07, 6.45) is 1.09. The van der Waals surface area contributed by atoms with E-state index in [-0.39, 0.29) is 18.2 Å². The molecule has 144 valence electrons. The maximum atomic E-state index is 11.8. The van der Waals surface area contributed by atoms with E-state index < -0.39 is 0 Å². The Bertz CT molecular complexity index is 754.